The Morgan fingerprint density at radius 3 is 2.36 bits per heavy atom. The summed E-state index contributed by atoms with van der Waals surface area (Å²) in [6.45, 7) is 0.678. The number of anilines is 1. The molecular formula is C23H17Cl2N7O. The number of aromatic amines is 1. The first-order valence-corrected chi connectivity index (χ1v) is 10.9. The highest BCUT2D eigenvalue weighted by Gasteiger charge is 2.16. The largest absolute Gasteiger partial charge is 0.353 e. The molecule has 0 unspecified atom stereocenters. The highest BCUT2D eigenvalue weighted by molar-refractivity contribution is 6.31. The Morgan fingerprint density at radius 1 is 0.848 bits per heavy atom. The summed E-state index contributed by atoms with van der Waals surface area (Å²) in [6, 6.07) is 19.6. The first kappa shape index (κ1) is 21.1. The summed E-state index contributed by atoms with van der Waals surface area (Å²) in [5, 5.41) is 7.78. The van der Waals surface area contributed by atoms with E-state index >= 15 is 0 Å². The van der Waals surface area contributed by atoms with Crippen LogP contribution in [0.15, 0.2) is 60.7 Å². The highest BCUT2D eigenvalue weighted by atomic mass is 35.5. The maximum absolute atomic E-state index is 13.0. The topological polar surface area (TPSA) is 108 Å². The monoisotopic (exact) mass is 477 g/mol. The molecular weight excluding hydrogens is 461 g/mol. The zero-order valence-corrected chi connectivity index (χ0v) is 18.7. The SMILES string of the molecule is O=C(NCCNc1nc(Cl)nc(Cl)n1)c1cc2c([nH]c3ccccc32)c(-c2ccccc2)n1. The molecule has 5 aromatic rings. The van der Waals surface area contributed by atoms with E-state index in [0.717, 1.165) is 33.1 Å². The van der Waals surface area contributed by atoms with Crippen molar-refractivity contribution >= 4 is 56.9 Å². The van der Waals surface area contributed by atoms with Crippen LogP contribution in [0.2, 0.25) is 10.6 Å². The van der Waals surface area contributed by atoms with Gasteiger partial charge in [-0.3, -0.25) is 4.79 Å². The lowest BCUT2D eigenvalue weighted by Crippen LogP contribution is -2.29. The number of aromatic nitrogens is 5. The molecule has 0 bridgehead atoms. The van der Waals surface area contributed by atoms with Gasteiger partial charge in [0.25, 0.3) is 5.91 Å². The van der Waals surface area contributed by atoms with Gasteiger partial charge in [-0.2, -0.15) is 15.0 Å². The molecule has 1 amide bonds. The zero-order chi connectivity index (χ0) is 22.8. The van der Waals surface area contributed by atoms with Crippen LogP contribution in [0.5, 0.6) is 0 Å². The van der Waals surface area contributed by atoms with E-state index in [9.17, 15) is 4.79 Å². The Kier molecular flexibility index (Phi) is 5.77. The van der Waals surface area contributed by atoms with E-state index in [1.165, 1.54) is 0 Å². The molecule has 3 N–H and O–H groups in total. The molecule has 10 heteroatoms. The Bertz CT molecular complexity index is 1450. The number of hydrogen-bond acceptors (Lipinski definition) is 6. The van der Waals surface area contributed by atoms with E-state index in [0.29, 0.717) is 18.8 Å². The quantitative estimate of drug-likeness (QED) is 0.305. The number of nitrogens with one attached hydrogen (secondary N) is 3. The Balaban J connectivity index is 1.41. The minimum absolute atomic E-state index is 0.00814. The third kappa shape index (κ3) is 4.44. The Morgan fingerprint density at radius 2 is 1.58 bits per heavy atom. The van der Waals surface area contributed by atoms with Crippen molar-refractivity contribution in [3.05, 3.63) is 76.9 Å². The number of carbonyl (C=O) groups excluding carboxylic acids is 1. The summed E-state index contributed by atoms with van der Waals surface area (Å²) >= 11 is 11.5. The molecule has 5 rings (SSSR count). The fraction of sp³-hybridized carbons (Fsp3) is 0.0870. The molecule has 164 valence electrons. The number of para-hydroxylation sites is 1. The number of H-pyrrole nitrogens is 1. The van der Waals surface area contributed by atoms with Crippen LogP contribution in [0.25, 0.3) is 33.1 Å². The molecule has 0 saturated heterocycles. The number of pyridine rings is 1. The van der Waals surface area contributed by atoms with Gasteiger partial charge in [0.2, 0.25) is 16.5 Å². The number of nitrogens with zero attached hydrogens (tertiary/aromatic N) is 4. The van der Waals surface area contributed by atoms with Gasteiger partial charge >= 0.3 is 0 Å². The minimum Gasteiger partial charge on any atom is -0.353 e. The summed E-state index contributed by atoms with van der Waals surface area (Å²) in [5.74, 6) is -0.0492. The predicted molar refractivity (Wildman–Crippen MR) is 130 cm³/mol. The Labute approximate surface area is 198 Å². The van der Waals surface area contributed by atoms with Gasteiger partial charge in [0, 0.05) is 34.9 Å². The number of rotatable bonds is 6. The lowest BCUT2D eigenvalue weighted by atomic mass is 10.1. The summed E-state index contributed by atoms with van der Waals surface area (Å²) < 4.78 is 0. The molecule has 3 aromatic heterocycles. The van der Waals surface area contributed by atoms with Crippen molar-refractivity contribution in [1.82, 2.24) is 30.2 Å². The number of carbonyl (C=O) groups is 1. The average molecular weight is 478 g/mol. The molecule has 33 heavy (non-hydrogen) atoms. The standard InChI is InChI=1S/C23H17Cl2N7O/c24-21-30-22(25)32-23(31-21)27-11-10-26-20(33)17-12-15-14-8-4-5-9-16(14)28-19(15)18(29-17)13-6-2-1-3-7-13/h1-9,12,28H,10-11H2,(H,26,33)(H,27,30,31,32). The van der Waals surface area contributed by atoms with Crippen molar-refractivity contribution in [1.29, 1.82) is 0 Å². The summed E-state index contributed by atoms with van der Waals surface area (Å²) in [5.41, 5.74) is 3.86. The van der Waals surface area contributed by atoms with Crippen LogP contribution in [0, 0.1) is 0 Å². The van der Waals surface area contributed by atoms with Crippen molar-refractivity contribution in [3.63, 3.8) is 0 Å². The lowest BCUT2D eigenvalue weighted by Gasteiger charge is -2.09. The van der Waals surface area contributed by atoms with Gasteiger partial charge in [-0.1, -0.05) is 48.5 Å². The van der Waals surface area contributed by atoms with Gasteiger partial charge in [-0.05, 0) is 35.3 Å². The maximum atomic E-state index is 13.0. The van der Waals surface area contributed by atoms with Crippen LogP contribution >= 0.6 is 23.2 Å². The number of hydrogen-bond donors (Lipinski definition) is 3. The molecule has 2 aromatic carbocycles. The predicted octanol–water partition coefficient (Wildman–Crippen LogP) is 4.72. The van der Waals surface area contributed by atoms with Crippen molar-refractivity contribution in [2.24, 2.45) is 0 Å². The van der Waals surface area contributed by atoms with Gasteiger partial charge in [-0.25, -0.2) is 4.98 Å². The zero-order valence-electron chi connectivity index (χ0n) is 17.1. The van der Waals surface area contributed by atoms with E-state index in [1.54, 1.807) is 0 Å². The summed E-state index contributed by atoms with van der Waals surface area (Å²) in [4.78, 5) is 32.6. The van der Waals surface area contributed by atoms with E-state index in [-0.39, 0.29) is 22.4 Å². The molecule has 8 nitrogen and oxygen atoms in total. The maximum Gasteiger partial charge on any atom is 0.269 e. The van der Waals surface area contributed by atoms with E-state index in [2.05, 4.69) is 30.6 Å². The third-order valence-electron chi connectivity index (χ3n) is 5.05. The molecule has 0 fully saturated rings. The fourth-order valence-corrected chi connectivity index (χ4v) is 3.98. The molecule has 0 aliphatic rings. The van der Waals surface area contributed by atoms with Crippen LogP contribution in [0.4, 0.5) is 5.95 Å². The fourth-order valence-electron chi connectivity index (χ4n) is 3.61. The summed E-state index contributed by atoms with van der Waals surface area (Å²) in [7, 11) is 0. The van der Waals surface area contributed by atoms with E-state index in [1.807, 2.05) is 60.7 Å². The highest BCUT2D eigenvalue weighted by Crippen LogP contribution is 2.32. The second-order valence-electron chi connectivity index (χ2n) is 7.20. The number of benzene rings is 2. The van der Waals surface area contributed by atoms with Crippen molar-refractivity contribution in [3.8, 4) is 11.3 Å². The van der Waals surface area contributed by atoms with Crippen molar-refractivity contribution < 1.29 is 4.79 Å². The van der Waals surface area contributed by atoms with Gasteiger partial charge in [-0.15, -0.1) is 0 Å². The molecule has 0 saturated carbocycles. The number of halogens is 2. The third-order valence-corrected chi connectivity index (χ3v) is 5.39. The smallest absolute Gasteiger partial charge is 0.269 e. The van der Waals surface area contributed by atoms with E-state index < -0.39 is 0 Å². The second-order valence-corrected chi connectivity index (χ2v) is 7.87. The average Bonchev–Trinajstić information content (AvgIpc) is 3.20. The number of amides is 1. The molecule has 3 heterocycles. The van der Waals surface area contributed by atoms with Gasteiger partial charge < -0.3 is 15.6 Å². The molecule has 0 aliphatic heterocycles. The Hall–Kier alpha value is -3.75. The molecule has 0 atom stereocenters. The van der Waals surface area contributed by atoms with Crippen LogP contribution in [-0.4, -0.2) is 43.9 Å². The normalized spacial score (nSPS) is 11.1. The lowest BCUT2D eigenvalue weighted by molar-refractivity contribution is 0.0950. The first-order chi connectivity index (χ1) is 16.1. The van der Waals surface area contributed by atoms with Crippen molar-refractivity contribution in [2.45, 2.75) is 0 Å². The molecule has 0 aliphatic carbocycles. The van der Waals surface area contributed by atoms with Crippen molar-refractivity contribution in [2.75, 3.05) is 18.4 Å². The van der Waals surface area contributed by atoms with Crippen LogP contribution in [0.1, 0.15) is 10.5 Å². The summed E-state index contributed by atoms with van der Waals surface area (Å²) in [6.07, 6.45) is 0. The minimum atomic E-state index is -0.284. The van der Waals surface area contributed by atoms with Gasteiger partial charge in [0.1, 0.15) is 5.69 Å². The van der Waals surface area contributed by atoms with Crippen LogP contribution < -0.4 is 10.6 Å². The van der Waals surface area contributed by atoms with Gasteiger partial charge in [0.15, 0.2) is 0 Å². The second kappa shape index (κ2) is 9.01. The number of fused-ring (bicyclic) bond motifs is 3. The first-order valence-electron chi connectivity index (χ1n) is 10.1. The van der Waals surface area contributed by atoms with E-state index in [4.69, 9.17) is 28.2 Å². The van der Waals surface area contributed by atoms with Crippen LogP contribution in [0.3, 0.4) is 0 Å². The van der Waals surface area contributed by atoms with Crippen LogP contribution in [-0.2, 0) is 0 Å². The molecule has 0 spiro atoms. The molecule has 0 radical (unpaired) electrons. The van der Waals surface area contributed by atoms with Gasteiger partial charge in [0.05, 0.1) is 11.2 Å².